The zero-order valence-electron chi connectivity index (χ0n) is 9.64. The first-order valence-electron chi connectivity index (χ1n) is 5.09. The Hall–Kier alpha value is -0.360. The van der Waals surface area contributed by atoms with Crippen LogP contribution in [0.25, 0.3) is 0 Å². The zero-order chi connectivity index (χ0) is 12.5. The highest BCUT2D eigenvalue weighted by molar-refractivity contribution is 8.00. The number of amides is 1. The summed E-state index contributed by atoms with van der Waals surface area (Å²) in [7, 11) is 0. The summed E-state index contributed by atoms with van der Waals surface area (Å²) in [6.45, 7) is 5.48. The summed E-state index contributed by atoms with van der Waals surface area (Å²) in [5.74, 6) is -0.414. The number of thioether (sulfide) groups is 1. The summed E-state index contributed by atoms with van der Waals surface area (Å²) >= 11 is 5.57. The van der Waals surface area contributed by atoms with E-state index in [9.17, 15) is 14.7 Å². The minimum absolute atomic E-state index is 0.125. The maximum Gasteiger partial charge on any atom is 0.327 e. The van der Waals surface area contributed by atoms with Gasteiger partial charge in [-0.1, -0.05) is 6.92 Å². The van der Waals surface area contributed by atoms with Gasteiger partial charge in [0.2, 0.25) is 5.91 Å². The molecule has 1 fully saturated rings. The SMILES string of the molecule is C[C@H](CS)C(=O)N1CSC(C)(C)[C@@H]1C(=O)O. The molecule has 0 aliphatic carbocycles. The summed E-state index contributed by atoms with van der Waals surface area (Å²) < 4.78 is -0.433. The molecular weight excluding hydrogens is 246 g/mol. The van der Waals surface area contributed by atoms with Crippen molar-refractivity contribution in [2.24, 2.45) is 5.92 Å². The van der Waals surface area contributed by atoms with Crippen molar-refractivity contribution in [1.29, 1.82) is 0 Å². The minimum atomic E-state index is -0.935. The van der Waals surface area contributed by atoms with Crippen LogP contribution in [0.2, 0.25) is 0 Å². The quantitative estimate of drug-likeness (QED) is 0.754. The second kappa shape index (κ2) is 4.87. The third-order valence-electron chi connectivity index (χ3n) is 2.76. The van der Waals surface area contributed by atoms with E-state index in [0.717, 1.165) is 0 Å². The topological polar surface area (TPSA) is 57.6 Å². The van der Waals surface area contributed by atoms with Crippen molar-refractivity contribution >= 4 is 36.3 Å². The standard InChI is InChI=1S/C10H17NO3S2/c1-6(4-15)8(12)11-5-16-10(2,3)7(11)9(13)14/h6-7,15H,4-5H2,1-3H3,(H,13,14)/t6-,7+/m1/s1. The molecule has 1 aliphatic heterocycles. The number of carboxylic acid groups (broad SMARTS) is 1. The third kappa shape index (κ3) is 2.48. The normalized spacial score (nSPS) is 25.5. The fraction of sp³-hybridized carbons (Fsp3) is 0.800. The van der Waals surface area contributed by atoms with Gasteiger partial charge in [-0.3, -0.25) is 4.79 Å². The molecule has 0 spiro atoms. The van der Waals surface area contributed by atoms with Crippen LogP contribution >= 0.6 is 24.4 Å². The van der Waals surface area contributed by atoms with Crippen LogP contribution in [0.5, 0.6) is 0 Å². The van der Waals surface area contributed by atoms with Crippen LogP contribution in [-0.2, 0) is 9.59 Å². The average Bonchev–Trinajstić information content (AvgIpc) is 2.51. The first-order valence-corrected chi connectivity index (χ1v) is 6.71. The van der Waals surface area contributed by atoms with Gasteiger partial charge in [0.25, 0.3) is 0 Å². The van der Waals surface area contributed by atoms with Gasteiger partial charge in [-0.05, 0) is 13.8 Å². The van der Waals surface area contributed by atoms with E-state index in [2.05, 4.69) is 12.6 Å². The maximum atomic E-state index is 12.0. The largest absolute Gasteiger partial charge is 0.480 e. The molecule has 4 nitrogen and oxygen atoms in total. The fourth-order valence-electron chi connectivity index (χ4n) is 1.75. The van der Waals surface area contributed by atoms with Crippen molar-refractivity contribution in [3.05, 3.63) is 0 Å². The number of carbonyl (C=O) groups is 2. The predicted molar refractivity (Wildman–Crippen MR) is 67.8 cm³/mol. The third-order valence-corrected chi connectivity index (χ3v) is 4.68. The van der Waals surface area contributed by atoms with E-state index in [0.29, 0.717) is 11.6 Å². The molecule has 0 bridgehead atoms. The van der Waals surface area contributed by atoms with Gasteiger partial charge in [-0.2, -0.15) is 12.6 Å². The van der Waals surface area contributed by atoms with Crippen LogP contribution in [0.3, 0.4) is 0 Å². The number of nitrogens with zero attached hydrogens (tertiary/aromatic N) is 1. The number of carboxylic acids is 1. The van der Waals surface area contributed by atoms with Gasteiger partial charge in [0.05, 0.1) is 5.88 Å². The average molecular weight is 263 g/mol. The zero-order valence-corrected chi connectivity index (χ0v) is 11.3. The molecule has 0 aromatic carbocycles. The fourth-order valence-corrected chi connectivity index (χ4v) is 3.04. The monoisotopic (exact) mass is 263 g/mol. The molecule has 92 valence electrons. The Morgan fingerprint density at radius 1 is 1.62 bits per heavy atom. The number of hydrogen-bond acceptors (Lipinski definition) is 4. The van der Waals surface area contributed by atoms with E-state index in [-0.39, 0.29) is 11.8 Å². The van der Waals surface area contributed by atoms with Crippen molar-refractivity contribution < 1.29 is 14.7 Å². The van der Waals surface area contributed by atoms with Gasteiger partial charge in [-0.25, -0.2) is 4.79 Å². The molecule has 2 atom stereocenters. The summed E-state index contributed by atoms with van der Waals surface area (Å²) in [5.41, 5.74) is 0. The summed E-state index contributed by atoms with van der Waals surface area (Å²) in [6, 6.07) is -0.743. The molecule has 1 saturated heterocycles. The number of aliphatic carboxylic acids is 1. The van der Waals surface area contributed by atoms with E-state index >= 15 is 0 Å². The van der Waals surface area contributed by atoms with E-state index in [1.54, 1.807) is 6.92 Å². The van der Waals surface area contributed by atoms with E-state index in [1.165, 1.54) is 16.7 Å². The number of thiol groups is 1. The van der Waals surface area contributed by atoms with E-state index in [4.69, 9.17) is 0 Å². The molecule has 1 N–H and O–H groups in total. The molecular formula is C10H17NO3S2. The highest BCUT2D eigenvalue weighted by Gasteiger charge is 2.48. The van der Waals surface area contributed by atoms with E-state index < -0.39 is 16.8 Å². The first-order chi connectivity index (χ1) is 7.31. The molecule has 16 heavy (non-hydrogen) atoms. The van der Waals surface area contributed by atoms with Crippen LogP contribution in [0.4, 0.5) is 0 Å². The Labute approximate surface area is 105 Å². The van der Waals surface area contributed by atoms with Crippen molar-refractivity contribution in [1.82, 2.24) is 4.90 Å². The maximum absolute atomic E-state index is 12.0. The van der Waals surface area contributed by atoms with Crippen molar-refractivity contribution in [3.8, 4) is 0 Å². The van der Waals surface area contributed by atoms with Crippen molar-refractivity contribution in [2.75, 3.05) is 11.6 Å². The molecule has 0 aromatic rings. The van der Waals surface area contributed by atoms with Gasteiger partial charge in [0.1, 0.15) is 6.04 Å². The minimum Gasteiger partial charge on any atom is -0.480 e. The Morgan fingerprint density at radius 3 is 2.62 bits per heavy atom. The molecule has 6 heteroatoms. The lowest BCUT2D eigenvalue weighted by Crippen LogP contribution is -2.50. The van der Waals surface area contributed by atoms with Crippen LogP contribution in [0.15, 0.2) is 0 Å². The van der Waals surface area contributed by atoms with Crippen LogP contribution in [-0.4, -0.2) is 44.3 Å². The van der Waals surface area contributed by atoms with Gasteiger partial charge in [-0.15, -0.1) is 11.8 Å². The first kappa shape index (κ1) is 13.7. The van der Waals surface area contributed by atoms with Gasteiger partial charge >= 0.3 is 5.97 Å². The number of rotatable bonds is 3. The lowest BCUT2D eigenvalue weighted by atomic mass is 10.0. The number of hydrogen-bond donors (Lipinski definition) is 2. The lowest BCUT2D eigenvalue weighted by molar-refractivity contribution is -0.150. The second-order valence-electron chi connectivity index (χ2n) is 4.51. The lowest BCUT2D eigenvalue weighted by Gasteiger charge is -2.29. The smallest absolute Gasteiger partial charge is 0.327 e. The van der Waals surface area contributed by atoms with Gasteiger partial charge in [0.15, 0.2) is 0 Å². The van der Waals surface area contributed by atoms with Crippen LogP contribution in [0, 0.1) is 5.92 Å². The molecule has 0 saturated carbocycles. The van der Waals surface area contributed by atoms with Crippen LogP contribution in [0.1, 0.15) is 20.8 Å². The molecule has 0 radical (unpaired) electrons. The Kier molecular flexibility index (Phi) is 4.17. The summed E-state index contributed by atoms with van der Waals surface area (Å²) in [4.78, 5) is 24.6. The van der Waals surface area contributed by atoms with E-state index in [1.807, 2.05) is 13.8 Å². The summed E-state index contributed by atoms with van der Waals surface area (Å²) in [6.07, 6.45) is 0. The molecule has 0 aromatic heterocycles. The van der Waals surface area contributed by atoms with Crippen molar-refractivity contribution in [2.45, 2.75) is 31.6 Å². The molecule has 1 aliphatic rings. The van der Waals surface area contributed by atoms with Gasteiger partial charge < -0.3 is 10.0 Å². The van der Waals surface area contributed by atoms with Crippen LogP contribution < -0.4 is 0 Å². The predicted octanol–water partition coefficient (Wildman–Crippen LogP) is 1.32. The van der Waals surface area contributed by atoms with Gasteiger partial charge in [0, 0.05) is 16.4 Å². The molecule has 1 rings (SSSR count). The Morgan fingerprint density at radius 2 is 2.19 bits per heavy atom. The number of carbonyl (C=O) groups excluding carboxylic acids is 1. The molecule has 1 heterocycles. The highest BCUT2D eigenvalue weighted by Crippen LogP contribution is 2.39. The Bertz CT molecular complexity index is 306. The second-order valence-corrected chi connectivity index (χ2v) is 6.47. The summed E-state index contributed by atoms with van der Waals surface area (Å²) in [5, 5.41) is 9.20. The highest BCUT2D eigenvalue weighted by atomic mass is 32.2. The van der Waals surface area contributed by atoms with Crippen molar-refractivity contribution in [3.63, 3.8) is 0 Å². The molecule has 1 amide bonds. The Balaban J connectivity index is 2.90. The molecule has 0 unspecified atom stereocenters.